The molecule has 2 aromatic rings. The van der Waals surface area contributed by atoms with Gasteiger partial charge in [-0.1, -0.05) is 18.2 Å². The van der Waals surface area contributed by atoms with E-state index in [-0.39, 0.29) is 6.54 Å². The SMILES string of the molecule is CC(C)(C)OC(=O)N(N)Cc1cc2ccccc2o1. The van der Waals surface area contributed by atoms with Gasteiger partial charge in [0.05, 0.1) is 6.54 Å². The number of benzene rings is 1. The van der Waals surface area contributed by atoms with Gasteiger partial charge >= 0.3 is 6.09 Å². The molecule has 0 aliphatic rings. The molecule has 0 saturated heterocycles. The third kappa shape index (κ3) is 3.48. The fourth-order valence-electron chi connectivity index (χ4n) is 1.67. The number of hydrazine groups is 1. The van der Waals surface area contributed by atoms with Crippen molar-refractivity contribution in [1.82, 2.24) is 5.01 Å². The van der Waals surface area contributed by atoms with Crippen LogP contribution in [-0.2, 0) is 11.3 Å². The quantitative estimate of drug-likeness (QED) is 0.513. The number of ether oxygens (including phenoxy) is 1. The van der Waals surface area contributed by atoms with Gasteiger partial charge in [0.2, 0.25) is 0 Å². The molecular formula is C14H18N2O3. The molecule has 0 saturated carbocycles. The van der Waals surface area contributed by atoms with E-state index in [0.29, 0.717) is 5.76 Å². The van der Waals surface area contributed by atoms with Gasteiger partial charge in [-0.25, -0.2) is 15.6 Å². The zero-order chi connectivity index (χ0) is 14.0. The van der Waals surface area contributed by atoms with Crippen LogP contribution in [0, 0.1) is 0 Å². The molecule has 19 heavy (non-hydrogen) atoms. The van der Waals surface area contributed by atoms with Crippen LogP contribution in [0.3, 0.4) is 0 Å². The first-order valence-electron chi connectivity index (χ1n) is 6.08. The predicted octanol–water partition coefficient (Wildman–Crippen LogP) is 3.04. The van der Waals surface area contributed by atoms with Gasteiger partial charge in [-0.3, -0.25) is 0 Å². The van der Waals surface area contributed by atoms with E-state index in [0.717, 1.165) is 16.0 Å². The number of amides is 1. The van der Waals surface area contributed by atoms with Gasteiger partial charge in [-0.2, -0.15) is 0 Å². The maximum atomic E-state index is 11.7. The van der Waals surface area contributed by atoms with Gasteiger partial charge in [0.15, 0.2) is 0 Å². The topological polar surface area (TPSA) is 68.7 Å². The minimum absolute atomic E-state index is 0.170. The Bertz CT molecular complexity index is 551. The summed E-state index contributed by atoms with van der Waals surface area (Å²) >= 11 is 0. The zero-order valence-electron chi connectivity index (χ0n) is 11.3. The monoisotopic (exact) mass is 262 g/mol. The number of furan rings is 1. The predicted molar refractivity (Wildman–Crippen MR) is 72.2 cm³/mol. The molecule has 1 amide bonds. The highest BCUT2D eigenvalue weighted by Crippen LogP contribution is 2.20. The van der Waals surface area contributed by atoms with Crippen molar-refractivity contribution in [2.24, 2.45) is 5.84 Å². The van der Waals surface area contributed by atoms with Crippen molar-refractivity contribution in [2.45, 2.75) is 32.9 Å². The maximum absolute atomic E-state index is 11.7. The molecule has 0 atom stereocenters. The largest absolute Gasteiger partial charge is 0.459 e. The van der Waals surface area contributed by atoms with Crippen LogP contribution in [0.1, 0.15) is 26.5 Å². The molecule has 1 aromatic carbocycles. The van der Waals surface area contributed by atoms with E-state index in [1.54, 1.807) is 20.8 Å². The molecule has 0 fully saturated rings. The van der Waals surface area contributed by atoms with E-state index >= 15 is 0 Å². The third-order valence-electron chi connectivity index (χ3n) is 2.43. The van der Waals surface area contributed by atoms with E-state index < -0.39 is 11.7 Å². The molecular weight excluding hydrogens is 244 g/mol. The molecule has 5 heteroatoms. The van der Waals surface area contributed by atoms with Crippen molar-refractivity contribution in [3.8, 4) is 0 Å². The molecule has 5 nitrogen and oxygen atoms in total. The second kappa shape index (κ2) is 4.93. The molecule has 102 valence electrons. The van der Waals surface area contributed by atoms with Crippen molar-refractivity contribution < 1.29 is 13.9 Å². The summed E-state index contributed by atoms with van der Waals surface area (Å²) in [4.78, 5) is 11.7. The van der Waals surface area contributed by atoms with Gasteiger partial charge in [0, 0.05) is 5.39 Å². The average molecular weight is 262 g/mol. The Hall–Kier alpha value is -2.01. The van der Waals surface area contributed by atoms with Crippen molar-refractivity contribution in [1.29, 1.82) is 0 Å². The number of fused-ring (bicyclic) bond motifs is 1. The molecule has 0 aliphatic carbocycles. The third-order valence-corrected chi connectivity index (χ3v) is 2.43. The highest BCUT2D eigenvalue weighted by Gasteiger charge is 2.21. The van der Waals surface area contributed by atoms with Crippen LogP contribution in [0.2, 0.25) is 0 Å². The number of nitrogens with zero attached hydrogens (tertiary/aromatic N) is 1. The maximum Gasteiger partial charge on any atom is 0.425 e. The van der Waals surface area contributed by atoms with Crippen LogP contribution in [0.4, 0.5) is 4.79 Å². The molecule has 2 N–H and O–H groups in total. The Kier molecular flexibility index (Phi) is 3.48. The molecule has 0 aliphatic heterocycles. The number of hydrogen-bond acceptors (Lipinski definition) is 4. The van der Waals surface area contributed by atoms with Gasteiger partial charge in [0.25, 0.3) is 0 Å². The van der Waals surface area contributed by atoms with Gasteiger partial charge in [0.1, 0.15) is 16.9 Å². The smallest absolute Gasteiger partial charge is 0.425 e. The second-order valence-corrected chi connectivity index (χ2v) is 5.36. The van der Waals surface area contributed by atoms with Crippen LogP contribution < -0.4 is 5.84 Å². The van der Waals surface area contributed by atoms with Crippen LogP contribution >= 0.6 is 0 Å². The molecule has 0 bridgehead atoms. The Morgan fingerprint density at radius 3 is 2.68 bits per heavy atom. The van der Waals surface area contributed by atoms with Crippen molar-refractivity contribution in [3.05, 3.63) is 36.1 Å². The van der Waals surface area contributed by atoms with Crippen LogP contribution in [0.5, 0.6) is 0 Å². The van der Waals surface area contributed by atoms with E-state index in [1.165, 1.54) is 0 Å². The summed E-state index contributed by atoms with van der Waals surface area (Å²) in [5, 5.41) is 1.98. The summed E-state index contributed by atoms with van der Waals surface area (Å²) in [6.07, 6.45) is -0.576. The number of nitrogens with two attached hydrogens (primary N) is 1. The van der Waals surface area contributed by atoms with E-state index in [2.05, 4.69) is 0 Å². The Morgan fingerprint density at radius 1 is 1.37 bits per heavy atom. The Labute approximate surface area is 111 Å². The molecule has 0 spiro atoms. The zero-order valence-corrected chi connectivity index (χ0v) is 11.3. The van der Waals surface area contributed by atoms with Crippen molar-refractivity contribution >= 4 is 17.1 Å². The first kappa shape index (κ1) is 13.4. The summed E-state index contributed by atoms with van der Waals surface area (Å²) in [5.41, 5.74) is 0.206. The highest BCUT2D eigenvalue weighted by atomic mass is 16.6. The fraction of sp³-hybridized carbons (Fsp3) is 0.357. The fourth-order valence-corrected chi connectivity index (χ4v) is 1.67. The lowest BCUT2D eigenvalue weighted by Gasteiger charge is -2.23. The minimum Gasteiger partial charge on any atom is -0.459 e. The van der Waals surface area contributed by atoms with Crippen LogP contribution in [0.25, 0.3) is 11.0 Å². The Morgan fingerprint density at radius 2 is 2.05 bits per heavy atom. The normalized spacial score (nSPS) is 11.6. The Balaban J connectivity index is 2.06. The lowest BCUT2D eigenvalue weighted by Crippen LogP contribution is -2.40. The lowest BCUT2D eigenvalue weighted by atomic mass is 10.2. The summed E-state index contributed by atoms with van der Waals surface area (Å²) in [6.45, 7) is 5.55. The number of carbonyl (C=O) groups is 1. The van der Waals surface area contributed by atoms with E-state index in [4.69, 9.17) is 15.0 Å². The van der Waals surface area contributed by atoms with E-state index in [1.807, 2.05) is 30.3 Å². The number of para-hydroxylation sites is 1. The van der Waals surface area contributed by atoms with E-state index in [9.17, 15) is 4.79 Å². The first-order chi connectivity index (χ1) is 8.85. The van der Waals surface area contributed by atoms with Crippen molar-refractivity contribution in [2.75, 3.05) is 0 Å². The average Bonchev–Trinajstić information content (AvgIpc) is 2.68. The first-order valence-corrected chi connectivity index (χ1v) is 6.08. The number of hydrogen-bond donors (Lipinski definition) is 1. The number of rotatable bonds is 2. The summed E-state index contributed by atoms with van der Waals surface area (Å²) in [7, 11) is 0. The van der Waals surface area contributed by atoms with Crippen molar-refractivity contribution in [3.63, 3.8) is 0 Å². The number of carbonyl (C=O) groups excluding carboxylic acids is 1. The molecule has 0 radical (unpaired) electrons. The second-order valence-electron chi connectivity index (χ2n) is 5.36. The van der Waals surface area contributed by atoms with Gasteiger partial charge in [-0.05, 0) is 32.9 Å². The standard InChI is InChI=1S/C14H18N2O3/c1-14(2,3)19-13(17)16(15)9-11-8-10-6-4-5-7-12(10)18-11/h4-8H,9,15H2,1-3H3. The van der Waals surface area contributed by atoms with Crippen LogP contribution in [-0.4, -0.2) is 16.7 Å². The molecule has 1 heterocycles. The molecule has 2 rings (SSSR count). The van der Waals surface area contributed by atoms with Gasteiger partial charge in [-0.15, -0.1) is 0 Å². The minimum atomic E-state index is -0.576. The highest BCUT2D eigenvalue weighted by molar-refractivity contribution is 5.77. The summed E-state index contributed by atoms with van der Waals surface area (Å²) in [6, 6.07) is 9.49. The molecule has 1 aromatic heterocycles. The van der Waals surface area contributed by atoms with Gasteiger partial charge < -0.3 is 9.15 Å². The lowest BCUT2D eigenvalue weighted by molar-refractivity contribution is 0.0220. The van der Waals surface area contributed by atoms with Crippen LogP contribution in [0.15, 0.2) is 34.7 Å². The summed E-state index contributed by atoms with van der Waals surface area (Å²) < 4.78 is 10.8. The molecule has 0 unspecified atom stereocenters. The summed E-state index contributed by atoms with van der Waals surface area (Å²) in [5.74, 6) is 6.30.